The van der Waals surface area contributed by atoms with Gasteiger partial charge in [-0.2, -0.15) is 0 Å². The lowest BCUT2D eigenvalue weighted by atomic mass is 10.2. The molecule has 1 fully saturated rings. The molecule has 1 heterocycles. The highest BCUT2D eigenvalue weighted by atomic mass is 32.1. The molecule has 1 N–H and O–H groups in total. The zero-order chi connectivity index (χ0) is 18.5. The van der Waals surface area contributed by atoms with Gasteiger partial charge in [0.15, 0.2) is 5.11 Å². The molecule has 5 nitrogen and oxygen atoms in total. The Labute approximate surface area is 158 Å². The van der Waals surface area contributed by atoms with E-state index in [1.54, 1.807) is 26.4 Å². The topological polar surface area (TPSA) is 37.0 Å². The third-order valence-electron chi connectivity index (χ3n) is 4.41. The molecule has 2 aromatic rings. The van der Waals surface area contributed by atoms with Crippen molar-refractivity contribution in [3.8, 4) is 11.5 Å². The van der Waals surface area contributed by atoms with Gasteiger partial charge < -0.3 is 24.6 Å². The fourth-order valence-corrected chi connectivity index (χ4v) is 3.25. The van der Waals surface area contributed by atoms with Crippen LogP contribution in [0.4, 0.5) is 15.8 Å². The fourth-order valence-electron chi connectivity index (χ4n) is 2.95. The molecule has 1 aliphatic rings. The van der Waals surface area contributed by atoms with E-state index in [4.69, 9.17) is 21.7 Å². The number of para-hydroxylation sites is 1. The first-order chi connectivity index (χ1) is 12.6. The number of nitrogens with one attached hydrogen (secondary N) is 1. The van der Waals surface area contributed by atoms with Crippen LogP contribution in [0.2, 0.25) is 0 Å². The van der Waals surface area contributed by atoms with E-state index in [0.717, 1.165) is 24.5 Å². The second kappa shape index (κ2) is 8.23. The molecule has 3 rings (SSSR count). The van der Waals surface area contributed by atoms with Crippen molar-refractivity contribution in [1.82, 2.24) is 4.90 Å². The maximum atomic E-state index is 13.9. The van der Waals surface area contributed by atoms with Crippen LogP contribution in [0.3, 0.4) is 0 Å². The maximum absolute atomic E-state index is 13.9. The largest absolute Gasteiger partial charge is 0.497 e. The molecule has 0 amide bonds. The van der Waals surface area contributed by atoms with Gasteiger partial charge in [0, 0.05) is 32.2 Å². The predicted molar refractivity (Wildman–Crippen MR) is 106 cm³/mol. The summed E-state index contributed by atoms with van der Waals surface area (Å²) in [6, 6.07) is 12.4. The standard InChI is InChI=1S/C19H22FN3O2S/c1-24-14-7-8-16(18(13-14)25-2)21-19(26)23-11-9-22(10-12-23)17-6-4-3-5-15(17)20/h3-8,13H,9-12H2,1-2H3,(H,21,26). The molecule has 0 saturated carbocycles. The van der Waals surface area contributed by atoms with Gasteiger partial charge in [-0.05, 0) is 36.5 Å². The Bertz CT molecular complexity index is 779. The first kappa shape index (κ1) is 18.3. The van der Waals surface area contributed by atoms with Crippen LogP contribution in [0.15, 0.2) is 42.5 Å². The van der Waals surface area contributed by atoms with Gasteiger partial charge in [0.2, 0.25) is 0 Å². The van der Waals surface area contributed by atoms with Crippen LogP contribution in [0.5, 0.6) is 11.5 Å². The Hall–Kier alpha value is -2.54. The minimum atomic E-state index is -0.190. The van der Waals surface area contributed by atoms with E-state index in [0.29, 0.717) is 29.6 Å². The van der Waals surface area contributed by atoms with Crippen LogP contribution < -0.4 is 19.7 Å². The van der Waals surface area contributed by atoms with E-state index in [9.17, 15) is 4.39 Å². The van der Waals surface area contributed by atoms with Crippen LogP contribution in [0, 0.1) is 5.82 Å². The highest BCUT2D eigenvalue weighted by Gasteiger charge is 2.21. The van der Waals surface area contributed by atoms with Gasteiger partial charge in [-0.1, -0.05) is 12.1 Å². The van der Waals surface area contributed by atoms with Crippen LogP contribution in [0.25, 0.3) is 0 Å². The van der Waals surface area contributed by atoms with Gasteiger partial charge in [0.1, 0.15) is 17.3 Å². The van der Waals surface area contributed by atoms with Crippen molar-refractivity contribution in [2.45, 2.75) is 0 Å². The van der Waals surface area contributed by atoms with Crippen LogP contribution in [0.1, 0.15) is 0 Å². The summed E-state index contributed by atoms with van der Waals surface area (Å²) in [5, 5.41) is 3.86. The van der Waals surface area contributed by atoms with Crippen molar-refractivity contribution in [2.24, 2.45) is 0 Å². The summed E-state index contributed by atoms with van der Waals surface area (Å²) in [7, 11) is 3.22. The first-order valence-corrected chi connectivity index (χ1v) is 8.80. The summed E-state index contributed by atoms with van der Waals surface area (Å²) >= 11 is 5.54. The van der Waals surface area contributed by atoms with E-state index < -0.39 is 0 Å². The molecule has 138 valence electrons. The lowest BCUT2D eigenvalue weighted by molar-refractivity contribution is 0.387. The SMILES string of the molecule is COc1ccc(NC(=S)N2CCN(c3ccccc3F)CC2)c(OC)c1. The second-order valence-corrected chi connectivity index (χ2v) is 6.31. The van der Waals surface area contributed by atoms with E-state index >= 15 is 0 Å². The lowest BCUT2D eigenvalue weighted by Crippen LogP contribution is -2.50. The van der Waals surface area contributed by atoms with Crippen molar-refractivity contribution >= 4 is 28.7 Å². The van der Waals surface area contributed by atoms with Crippen molar-refractivity contribution in [3.05, 3.63) is 48.3 Å². The molecule has 0 aliphatic carbocycles. The monoisotopic (exact) mass is 375 g/mol. The molecule has 1 saturated heterocycles. The molecule has 2 aromatic carbocycles. The molecule has 0 unspecified atom stereocenters. The zero-order valence-corrected chi connectivity index (χ0v) is 15.7. The summed E-state index contributed by atoms with van der Waals surface area (Å²) in [5.41, 5.74) is 1.43. The van der Waals surface area contributed by atoms with Crippen molar-refractivity contribution in [3.63, 3.8) is 0 Å². The average Bonchev–Trinajstić information content (AvgIpc) is 2.68. The molecule has 0 aromatic heterocycles. The highest BCUT2D eigenvalue weighted by Crippen LogP contribution is 2.29. The summed E-state index contributed by atoms with van der Waals surface area (Å²) in [6.45, 7) is 2.86. The number of anilines is 2. The van der Waals surface area contributed by atoms with E-state index in [-0.39, 0.29) is 5.82 Å². The minimum absolute atomic E-state index is 0.190. The average molecular weight is 375 g/mol. The molecular formula is C19H22FN3O2S. The van der Waals surface area contributed by atoms with Crippen LogP contribution in [-0.4, -0.2) is 50.4 Å². The first-order valence-electron chi connectivity index (χ1n) is 8.40. The number of benzene rings is 2. The quantitative estimate of drug-likeness (QED) is 0.826. The number of piperazine rings is 1. The fraction of sp³-hybridized carbons (Fsp3) is 0.316. The molecule has 0 radical (unpaired) electrons. The number of nitrogens with zero attached hydrogens (tertiary/aromatic N) is 2. The lowest BCUT2D eigenvalue weighted by Gasteiger charge is -2.37. The summed E-state index contributed by atoms with van der Waals surface area (Å²) in [6.07, 6.45) is 0. The molecule has 0 atom stereocenters. The van der Waals surface area contributed by atoms with Gasteiger partial charge >= 0.3 is 0 Å². The second-order valence-electron chi connectivity index (χ2n) is 5.92. The molecule has 0 spiro atoms. The van der Waals surface area contributed by atoms with Gasteiger partial charge in [-0.3, -0.25) is 0 Å². The summed E-state index contributed by atoms with van der Waals surface area (Å²) < 4.78 is 24.5. The number of ether oxygens (including phenoxy) is 2. The number of methoxy groups -OCH3 is 2. The Morgan fingerprint density at radius 3 is 2.42 bits per heavy atom. The third kappa shape index (κ3) is 3.99. The number of rotatable bonds is 4. The normalized spacial score (nSPS) is 14.1. The zero-order valence-electron chi connectivity index (χ0n) is 14.9. The van der Waals surface area contributed by atoms with E-state index in [1.807, 2.05) is 29.2 Å². The third-order valence-corrected chi connectivity index (χ3v) is 4.77. The smallest absolute Gasteiger partial charge is 0.173 e. The van der Waals surface area contributed by atoms with Gasteiger partial charge in [-0.25, -0.2) is 4.39 Å². The van der Waals surface area contributed by atoms with Crippen molar-refractivity contribution in [1.29, 1.82) is 0 Å². The van der Waals surface area contributed by atoms with E-state index in [2.05, 4.69) is 10.2 Å². The molecule has 7 heteroatoms. The Morgan fingerprint density at radius 2 is 1.77 bits per heavy atom. The van der Waals surface area contributed by atoms with Gasteiger partial charge in [0.05, 0.1) is 25.6 Å². The molecule has 26 heavy (non-hydrogen) atoms. The minimum Gasteiger partial charge on any atom is -0.497 e. The predicted octanol–water partition coefficient (Wildman–Crippen LogP) is 3.36. The highest BCUT2D eigenvalue weighted by molar-refractivity contribution is 7.80. The Morgan fingerprint density at radius 1 is 1.04 bits per heavy atom. The summed E-state index contributed by atoms with van der Waals surface area (Å²) in [5.74, 6) is 1.19. The summed E-state index contributed by atoms with van der Waals surface area (Å²) in [4.78, 5) is 4.12. The van der Waals surface area contributed by atoms with Gasteiger partial charge in [0.25, 0.3) is 0 Å². The Kier molecular flexibility index (Phi) is 5.78. The maximum Gasteiger partial charge on any atom is 0.173 e. The van der Waals surface area contributed by atoms with Crippen LogP contribution in [-0.2, 0) is 0 Å². The number of thiocarbonyl (C=S) groups is 1. The van der Waals surface area contributed by atoms with E-state index in [1.165, 1.54) is 6.07 Å². The van der Waals surface area contributed by atoms with Crippen LogP contribution >= 0.6 is 12.2 Å². The molecule has 0 bridgehead atoms. The number of hydrogen-bond donors (Lipinski definition) is 1. The molecule has 1 aliphatic heterocycles. The Balaban J connectivity index is 1.61. The molecular weight excluding hydrogens is 353 g/mol. The van der Waals surface area contributed by atoms with Gasteiger partial charge in [-0.15, -0.1) is 0 Å². The number of halogens is 1. The van der Waals surface area contributed by atoms with Crippen molar-refractivity contribution < 1.29 is 13.9 Å². The van der Waals surface area contributed by atoms with Crippen molar-refractivity contribution in [2.75, 3.05) is 50.6 Å². The number of hydrogen-bond acceptors (Lipinski definition) is 4.